The zero-order chi connectivity index (χ0) is 34.1. The van der Waals surface area contributed by atoms with Crippen molar-refractivity contribution in [3.63, 3.8) is 0 Å². The number of azo groups is 3. The number of rotatable bonds is 8. The normalized spacial score (nSPS) is 45.8. The Balaban J connectivity index is 1.18. The molecule has 5 saturated carbocycles. The maximum absolute atomic E-state index is 12.5. The lowest BCUT2D eigenvalue weighted by Crippen LogP contribution is -2.54. The van der Waals surface area contributed by atoms with Gasteiger partial charge in [0.1, 0.15) is 11.3 Å². The Morgan fingerprint density at radius 2 is 1.26 bits per heavy atom. The van der Waals surface area contributed by atoms with Gasteiger partial charge < -0.3 is 21.1 Å². The van der Waals surface area contributed by atoms with Crippen molar-refractivity contribution in [1.29, 1.82) is 0 Å². The second kappa shape index (κ2) is 15.1. The second-order valence-corrected chi connectivity index (χ2v) is 18.0. The van der Waals surface area contributed by atoms with Crippen molar-refractivity contribution in [3.05, 3.63) is 0 Å². The molecule has 0 heterocycles. The van der Waals surface area contributed by atoms with Gasteiger partial charge in [0.25, 0.3) is 20.2 Å². The van der Waals surface area contributed by atoms with Crippen LogP contribution >= 0.6 is 0 Å². The number of fused-ring (bicyclic) bond motifs is 1. The van der Waals surface area contributed by atoms with Crippen LogP contribution in [-0.4, -0.2) is 112 Å². The molecule has 47 heavy (non-hydrogen) atoms. The molecular formula is C29H51N7O9S2. The van der Waals surface area contributed by atoms with Gasteiger partial charge in [-0.3, -0.25) is 9.11 Å². The summed E-state index contributed by atoms with van der Waals surface area (Å²) in [5.74, 6) is -0.489. The third-order valence-electron chi connectivity index (χ3n) is 11.3. The molecule has 7 N–H and O–H groups in total. The lowest BCUT2D eigenvalue weighted by Gasteiger charge is -2.45. The Morgan fingerprint density at radius 3 is 1.91 bits per heavy atom. The van der Waals surface area contributed by atoms with E-state index in [1.165, 1.54) is 0 Å². The fourth-order valence-electron chi connectivity index (χ4n) is 8.35. The summed E-state index contributed by atoms with van der Waals surface area (Å²) in [5, 5.41) is 56.5. The molecule has 0 bridgehead atoms. The van der Waals surface area contributed by atoms with Gasteiger partial charge in [0.05, 0.1) is 53.8 Å². The molecule has 0 saturated heterocycles. The van der Waals surface area contributed by atoms with Gasteiger partial charge >= 0.3 is 0 Å². The summed E-state index contributed by atoms with van der Waals surface area (Å²) in [4.78, 5) is 0. The molecule has 5 rings (SSSR count). The Hall–Kier alpha value is -1.54. The molecule has 5 aliphatic carbocycles. The average Bonchev–Trinajstić information content (AvgIpc) is 3.00. The Kier molecular flexibility index (Phi) is 11.8. The number of aliphatic hydroxyl groups is 3. The molecule has 268 valence electrons. The summed E-state index contributed by atoms with van der Waals surface area (Å²) in [5.41, 5.74) is 6.15. The molecule has 13 unspecified atom stereocenters. The third-order valence-corrected chi connectivity index (χ3v) is 13.9. The molecule has 0 aromatic carbocycles. The molecule has 13 atom stereocenters. The fourth-order valence-corrected chi connectivity index (χ4v) is 10.3. The van der Waals surface area contributed by atoms with Crippen LogP contribution in [0.15, 0.2) is 30.7 Å². The van der Waals surface area contributed by atoms with Crippen molar-refractivity contribution >= 4 is 20.2 Å². The van der Waals surface area contributed by atoms with Crippen LogP contribution in [0.3, 0.4) is 0 Å². The van der Waals surface area contributed by atoms with Gasteiger partial charge in [-0.2, -0.15) is 47.5 Å². The van der Waals surface area contributed by atoms with Crippen LogP contribution in [0.2, 0.25) is 0 Å². The van der Waals surface area contributed by atoms with Crippen LogP contribution < -0.4 is 5.73 Å². The molecule has 5 fully saturated rings. The van der Waals surface area contributed by atoms with E-state index in [0.717, 1.165) is 0 Å². The molecule has 5 aliphatic rings. The van der Waals surface area contributed by atoms with Crippen molar-refractivity contribution in [1.82, 2.24) is 0 Å². The predicted octanol–water partition coefficient (Wildman–Crippen LogP) is 2.49. The molecule has 0 aromatic rings. The highest BCUT2D eigenvalue weighted by Gasteiger charge is 2.51. The van der Waals surface area contributed by atoms with Crippen molar-refractivity contribution in [2.75, 3.05) is 0 Å². The van der Waals surface area contributed by atoms with Crippen molar-refractivity contribution in [3.8, 4) is 0 Å². The second-order valence-electron chi connectivity index (χ2n) is 14.6. The summed E-state index contributed by atoms with van der Waals surface area (Å²) in [6.45, 7) is 1.95. The van der Waals surface area contributed by atoms with Gasteiger partial charge in [0.15, 0.2) is 0 Å². The lowest BCUT2D eigenvalue weighted by molar-refractivity contribution is -0.00991. The van der Waals surface area contributed by atoms with Gasteiger partial charge in [0, 0.05) is 6.04 Å². The van der Waals surface area contributed by atoms with Gasteiger partial charge in [-0.25, -0.2) is 0 Å². The van der Waals surface area contributed by atoms with E-state index in [0.29, 0.717) is 70.6 Å². The standard InChI is InChI=1S/C29H51N7O9S2/c1-15-10-25(26(38)14-24(15)34-31-17-2-6-20(7-3-17)46(40,41)42)35-36-28-27(47(43,44)45)12-16-11-18(4-8-21(16)29(28)39)32-33-23-9-5-19(37)13-22(23)30/h15-29,37-39H,2-14,30H2,1H3,(H,40,41,42)(H,43,44,45). The van der Waals surface area contributed by atoms with Crippen molar-refractivity contribution in [2.24, 2.45) is 54.2 Å². The molecular weight excluding hydrogens is 654 g/mol. The molecule has 0 amide bonds. The maximum Gasteiger partial charge on any atom is 0.270 e. The highest BCUT2D eigenvalue weighted by Crippen LogP contribution is 2.45. The smallest absolute Gasteiger partial charge is 0.270 e. The summed E-state index contributed by atoms with van der Waals surface area (Å²) in [6.07, 6.45) is 3.44. The number of nitrogens with two attached hydrogens (primary N) is 1. The molecule has 0 aromatic heterocycles. The Labute approximate surface area is 276 Å². The van der Waals surface area contributed by atoms with Crippen molar-refractivity contribution < 1.29 is 41.3 Å². The van der Waals surface area contributed by atoms with Gasteiger partial charge in [-0.1, -0.05) is 6.92 Å². The lowest BCUT2D eigenvalue weighted by atomic mass is 9.66. The van der Waals surface area contributed by atoms with E-state index >= 15 is 0 Å². The van der Waals surface area contributed by atoms with E-state index in [9.17, 15) is 41.3 Å². The molecule has 16 nitrogen and oxygen atoms in total. The van der Waals surface area contributed by atoms with Crippen molar-refractivity contribution in [2.45, 2.75) is 161 Å². The first kappa shape index (κ1) is 36.7. The van der Waals surface area contributed by atoms with E-state index in [4.69, 9.17) is 5.73 Å². The topological polar surface area (TPSA) is 270 Å². The number of nitrogens with zero attached hydrogens (tertiary/aromatic N) is 6. The zero-order valence-electron chi connectivity index (χ0n) is 26.8. The highest BCUT2D eigenvalue weighted by molar-refractivity contribution is 7.86. The first-order valence-corrected chi connectivity index (χ1v) is 20.0. The van der Waals surface area contributed by atoms with Crippen LogP contribution in [0.5, 0.6) is 0 Å². The van der Waals surface area contributed by atoms with E-state index in [2.05, 4.69) is 30.7 Å². The number of aliphatic hydroxyl groups excluding tert-OH is 3. The number of hydrogen-bond acceptors (Lipinski definition) is 14. The minimum absolute atomic E-state index is 0.0315. The first-order valence-electron chi connectivity index (χ1n) is 17.0. The van der Waals surface area contributed by atoms with Gasteiger partial charge in [-0.15, -0.1) is 0 Å². The quantitative estimate of drug-likeness (QED) is 0.159. The largest absolute Gasteiger partial charge is 0.393 e. The summed E-state index contributed by atoms with van der Waals surface area (Å²) >= 11 is 0. The minimum Gasteiger partial charge on any atom is -0.393 e. The Bertz CT molecular complexity index is 1380. The van der Waals surface area contributed by atoms with E-state index in [1.54, 1.807) is 0 Å². The third kappa shape index (κ3) is 9.18. The fraction of sp³-hybridized carbons (Fsp3) is 1.00. The van der Waals surface area contributed by atoms with Crippen LogP contribution in [0.4, 0.5) is 0 Å². The molecule has 0 aliphatic heterocycles. The molecule has 0 spiro atoms. The van der Waals surface area contributed by atoms with Crippen LogP contribution in [0, 0.1) is 17.8 Å². The maximum atomic E-state index is 12.5. The van der Waals surface area contributed by atoms with E-state index < -0.39 is 61.1 Å². The predicted molar refractivity (Wildman–Crippen MR) is 170 cm³/mol. The zero-order valence-corrected chi connectivity index (χ0v) is 28.4. The first-order chi connectivity index (χ1) is 22.1. The van der Waals surface area contributed by atoms with E-state index in [1.807, 2.05) is 6.92 Å². The van der Waals surface area contributed by atoms with Crippen LogP contribution in [0.1, 0.15) is 90.4 Å². The summed E-state index contributed by atoms with van der Waals surface area (Å²) in [7, 11) is -8.64. The van der Waals surface area contributed by atoms with Crippen LogP contribution in [-0.2, 0) is 20.2 Å². The van der Waals surface area contributed by atoms with E-state index in [-0.39, 0.29) is 60.8 Å². The SMILES string of the molecule is CC1CC(N=NC2C(O)C3CCC(N=NC4CCC(O)CC4N)CC3CC2S(=O)(=O)O)C(O)CC1N=NC1CCC(S(=O)(=O)O)CC1. The molecule has 18 heteroatoms. The minimum atomic E-state index is -4.58. The summed E-state index contributed by atoms with van der Waals surface area (Å²) < 4.78 is 67.3. The summed E-state index contributed by atoms with van der Waals surface area (Å²) in [6, 6.07) is -2.83. The van der Waals surface area contributed by atoms with Gasteiger partial charge in [-0.05, 0) is 101 Å². The number of hydrogen-bond donors (Lipinski definition) is 6. The monoisotopic (exact) mass is 705 g/mol. The average molecular weight is 706 g/mol. The molecule has 0 radical (unpaired) electrons. The highest BCUT2D eigenvalue weighted by atomic mass is 32.2. The Morgan fingerprint density at radius 1 is 0.617 bits per heavy atom. The van der Waals surface area contributed by atoms with Gasteiger partial charge in [0.2, 0.25) is 0 Å². The van der Waals surface area contributed by atoms with Crippen LogP contribution in [0.25, 0.3) is 0 Å².